The maximum absolute atomic E-state index is 11.0. The molecular formula is C10H22N4O2. The average molecular weight is 230 g/mol. The fraction of sp³-hybridized carbons (Fsp3) is 0.900. The minimum absolute atomic E-state index is 0.325. The van der Waals surface area contributed by atoms with Crippen molar-refractivity contribution in [1.29, 1.82) is 0 Å². The van der Waals surface area contributed by atoms with E-state index in [1.54, 1.807) is 0 Å². The number of nitrogens with zero attached hydrogens (tertiary/aromatic N) is 2. The summed E-state index contributed by atoms with van der Waals surface area (Å²) >= 11 is 0. The molecule has 6 nitrogen and oxygen atoms in total. The van der Waals surface area contributed by atoms with Crippen LogP contribution in [0.5, 0.6) is 0 Å². The number of hydrogen-bond donors (Lipinski definition) is 2. The molecule has 0 aromatic carbocycles. The molecule has 0 spiro atoms. The summed E-state index contributed by atoms with van der Waals surface area (Å²) in [5.74, 6) is 4.55. The van der Waals surface area contributed by atoms with E-state index in [0.29, 0.717) is 19.0 Å². The van der Waals surface area contributed by atoms with Crippen molar-refractivity contribution in [2.45, 2.75) is 25.3 Å². The monoisotopic (exact) mass is 230 g/mol. The van der Waals surface area contributed by atoms with E-state index in [2.05, 4.69) is 21.7 Å². The number of likely N-dealkylation sites (tertiary alicyclic amines) is 1. The molecule has 1 atom stereocenters. The predicted molar refractivity (Wildman–Crippen MR) is 61.2 cm³/mol. The second-order valence-corrected chi connectivity index (χ2v) is 4.38. The summed E-state index contributed by atoms with van der Waals surface area (Å²) in [6.45, 7) is 2.88. The van der Waals surface area contributed by atoms with E-state index in [9.17, 15) is 4.79 Å². The lowest BCUT2D eigenvalue weighted by Crippen LogP contribution is -2.38. The molecule has 0 saturated carbocycles. The molecule has 0 radical (unpaired) electrons. The Kier molecular flexibility index (Phi) is 5.68. The zero-order chi connectivity index (χ0) is 12.0. The van der Waals surface area contributed by atoms with E-state index < -0.39 is 0 Å². The van der Waals surface area contributed by atoms with Gasteiger partial charge >= 0.3 is 5.97 Å². The largest absolute Gasteiger partial charge is 0.356 e. The first-order chi connectivity index (χ1) is 7.63. The van der Waals surface area contributed by atoms with Gasteiger partial charge in [-0.2, -0.15) is 0 Å². The minimum Gasteiger partial charge on any atom is -0.356 e. The van der Waals surface area contributed by atoms with E-state index >= 15 is 0 Å². The van der Waals surface area contributed by atoms with Crippen LogP contribution in [-0.4, -0.2) is 55.5 Å². The van der Waals surface area contributed by atoms with E-state index in [-0.39, 0.29) is 5.97 Å². The van der Waals surface area contributed by atoms with Crippen LogP contribution in [-0.2, 0) is 9.63 Å². The van der Waals surface area contributed by atoms with Gasteiger partial charge in [-0.3, -0.25) is 4.79 Å². The van der Waals surface area contributed by atoms with Crippen molar-refractivity contribution < 1.29 is 9.63 Å². The van der Waals surface area contributed by atoms with E-state index in [1.165, 1.54) is 19.4 Å². The molecular weight excluding hydrogens is 208 g/mol. The molecule has 94 valence electrons. The molecule has 0 amide bonds. The first-order valence-electron chi connectivity index (χ1n) is 5.67. The lowest BCUT2D eigenvalue weighted by atomic mass is 10.2. The summed E-state index contributed by atoms with van der Waals surface area (Å²) < 4.78 is 0. The van der Waals surface area contributed by atoms with Gasteiger partial charge in [0.15, 0.2) is 0 Å². The summed E-state index contributed by atoms with van der Waals surface area (Å²) in [4.78, 5) is 20.0. The molecule has 1 fully saturated rings. The van der Waals surface area contributed by atoms with Crippen molar-refractivity contribution in [1.82, 2.24) is 15.4 Å². The van der Waals surface area contributed by atoms with E-state index in [4.69, 9.17) is 5.84 Å². The molecule has 16 heavy (non-hydrogen) atoms. The van der Waals surface area contributed by atoms with Crippen LogP contribution in [0.2, 0.25) is 0 Å². The number of hydrogen-bond acceptors (Lipinski definition) is 6. The van der Waals surface area contributed by atoms with Gasteiger partial charge < -0.3 is 14.6 Å². The van der Waals surface area contributed by atoms with Gasteiger partial charge in [0.05, 0.1) is 6.42 Å². The van der Waals surface area contributed by atoms with Crippen LogP contribution in [0.3, 0.4) is 0 Å². The van der Waals surface area contributed by atoms with Crippen LogP contribution < -0.4 is 11.4 Å². The van der Waals surface area contributed by atoms with Gasteiger partial charge in [-0.1, -0.05) is 5.59 Å². The van der Waals surface area contributed by atoms with Crippen LogP contribution in [0.25, 0.3) is 0 Å². The fourth-order valence-corrected chi connectivity index (χ4v) is 2.06. The van der Waals surface area contributed by atoms with Gasteiger partial charge in [0.2, 0.25) is 0 Å². The number of nitrogens with two attached hydrogens (primary N) is 1. The van der Waals surface area contributed by atoms with Gasteiger partial charge in [0.25, 0.3) is 0 Å². The number of hydrazine groups is 1. The number of carbonyl (C=O) groups excluding carboxylic acids is 1. The number of carbonyl (C=O) groups is 1. The number of likely N-dealkylation sites (N-methyl/N-ethyl adjacent to an activating group) is 2. The average Bonchev–Trinajstić information content (AvgIpc) is 2.62. The minimum atomic E-state index is -0.325. The maximum atomic E-state index is 11.0. The summed E-state index contributed by atoms with van der Waals surface area (Å²) in [7, 11) is 4.17. The Morgan fingerprint density at radius 3 is 3.00 bits per heavy atom. The van der Waals surface area contributed by atoms with Gasteiger partial charge in [-0.25, -0.2) is 5.84 Å². The zero-order valence-electron chi connectivity index (χ0n) is 10.1. The Hall–Kier alpha value is -0.690. The summed E-state index contributed by atoms with van der Waals surface area (Å²) in [6.07, 6.45) is 2.88. The molecule has 0 aromatic rings. The second-order valence-electron chi connectivity index (χ2n) is 4.38. The van der Waals surface area contributed by atoms with E-state index in [0.717, 1.165) is 6.54 Å². The molecule has 1 unspecified atom stereocenters. The molecule has 1 heterocycles. The van der Waals surface area contributed by atoms with Crippen molar-refractivity contribution in [3.8, 4) is 0 Å². The summed E-state index contributed by atoms with van der Waals surface area (Å²) in [5.41, 5.74) is 1.90. The van der Waals surface area contributed by atoms with Crippen molar-refractivity contribution in [3.05, 3.63) is 0 Å². The van der Waals surface area contributed by atoms with Crippen molar-refractivity contribution >= 4 is 5.97 Å². The summed E-state index contributed by atoms with van der Waals surface area (Å²) in [6, 6.07) is 0.619. The van der Waals surface area contributed by atoms with Gasteiger partial charge in [-0.15, -0.1) is 0 Å². The van der Waals surface area contributed by atoms with Crippen molar-refractivity contribution in [2.24, 2.45) is 5.84 Å². The van der Waals surface area contributed by atoms with Crippen LogP contribution in [0.4, 0.5) is 0 Å². The highest BCUT2D eigenvalue weighted by atomic mass is 16.7. The third kappa shape index (κ3) is 4.44. The smallest absolute Gasteiger partial charge is 0.327 e. The Morgan fingerprint density at radius 2 is 2.44 bits per heavy atom. The van der Waals surface area contributed by atoms with Crippen LogP contribution in [0.15, 0.2) is 0 Å². The van der Waals surface area contributed by atoms with Crippen LogP contribution in [0.1, 0.15) is 19.3 Å². The van der Waals surface area contributed by atoms with E-state index in [1.807, 2.05) is 12.6 Å². The lowest BCUT2D eigenvalue weighted by molar-refractivity contribution is -0.151. The molecule has 6 heteroatoms. The third-order valence-corrected chi connectivity index (χ3v) is 3.06. The topological polar surface area (TPSA) is 70.8 Å². The molecule has 1 saturated heterocycles. The highest BCUT2D eigenvalue weighted by molar-refractivity contribution is 5.69. The SMILES string of the molecule is CN(CCC(=O)ONN)CC1CCCN1C. The molecule has 1 aliphatic rings. The van der Waals surface area contributed by atoms with Gasteiger partial charge in [0, 0.05) is 19.1 Å². The molecule has 1 aliphatic heterocycles. The van der Waals surface area contributed by atoms with Crippen LogP contribution >= 0.6 is 0 Å². The molecule has 0 aromatic heterocycles. The van der Waals surface area contributed by atoms with Gasteiger partial charge in [0.1, 0.15) is 0 Å². The fourth-order valence-electron chi connectivity index (χ4n) is 2.06. The maximum Gasteiger partial charge on any atom is 0.327 e. The Morgan fingerprint density at radius 1 is 1.69 bits per heavy atom. The quantitative estimate of drug-likeness (QED) is 0.465. The van der Waals surface area contributed by atoms with Crippen molar-refractivity contribution in [2.75, 3.05) is 33.7 Å². The first-order valence-corrected chi connectivity index (χ1v) is 5.67. The highest BCUT2D eigenvalue weighted by Crippen LogP contribution is 2.15. The van der Waals surface area contributed by atoms with Gasteiger partial charge in [-0.05, 0) is 33.5 Å². The van der Waals surface area contributed by atoms with Crippen molar-refractivity contribution in [3.63, 3.8) is 0 Å². The number of rotatable bonds is 6. The normalized spacial score (nSPS) is 21.6. The summed E-state index contributed by atoms with van der Waals surface area (Å²) in [5, 5.41) is 0. The molecule has 1 rings (SSSR count). The van der Waals surface area contributed by atoms with Crippen LogP contribution in [0, 0.1) is 0 Å². The Bertz CT molecular complexity index is 225. The highest BCUT2D eigenvalue weighted by Gasteiger charge is 2.22. The second kappa shape index (κ2) is 6.80. The Balaban J connectivity index is 2.15. The first kappa shape index (κ1) is 13.4. The number of nitrogens with one attached hydrogen (secondary N) is 1. The molecule has 3 N–H and O–H groups in total. The molecule has 0 aliphatic carbocycles. The Labute approximate surface area is 96.6 Å². The molecule has 0 bridgehead atoms. The third-order valence-electron chi connectivity index (χ3n) is 3.06. The standard InChI is InChI=1S/C10H22N4O2/c1-13(7-5-10(15)16-12-11)8-9-4-3-6-14(9)2/h9,12H,3-8,11H2,1-2H3. The zero-order valence-corrected chi connectivity index (χ0v) is 10.1. The predicted octanol–water partition coefficient (Wildman–Crippen LogP) is -0.676. The lowest BCUT2D eigenvalue weighted by Gasteiger charge is -2.25.